The summed E-state index contributed by atoms with van der Waals surface area (Å²) in [6.45, 7) is 9.66. The number of aliphatic hydroxyl groups is 1. The Labute approximate surface area is 87.7 Å². The Hall–Kier alpha value is -0.370. The Kier molecular flexibility index (Phi) is 4.79. The van der Waals surface area contributed by atoms with Gasteiger partial charge in [0.1, 0.15) is 5.78 Å². The standard InChI is InChI=1S/C9H16O2.C3H8/c1-8(2)7(10)5-4-6-9(8,3)11;1-3-2/h11H,4-6H2,1-3H3;3H2,1-2H3. The lowest BCUT2D eigenvalue weighted by molar-refractivity contribution is -0.149. The molecular formula is C12H24O2. The van der Waals surface area contributed by atoms with Gasteiger partial charge in [0.2, 0.25) is 0 Å². The van der Waals surface area contributed by atoms with E-state index >= 15 is 0 Å². The Balaban J connectivity index is 0.000000500. The Morgan fingerprint density at radius 2 is 1.71 bits per heavy atom. The number of Topliss-reactive ketones (excluding diaryl/α,β-unsaturated/α-hetero) is 1. The molecule has 2 nitrogen and oxygen atoms in total. The summed E-state index contributed by atoms with van der Waals surface area (Å²) in [7, 11) is 0. The monoisotopic (exact) mass is 200 g/mol. The first kappa shape index (κ1) is 13.6. The van der Waals surface area contributed by atoms with E-state index in [1.54, 1.807) is 6.92 Å². The zero-order valence-electron chi connectivity index (χ0n) is 10.2. The molecule has 1 aliphatic carbocycles. The third-order valence-electron chi connectivity index (χ3n) is 3.11. The first-order valence-electron chi connectivity index (χ1n) is 5.55. The fourth-order valence-corrected chi connectivity index (χ4v) is 1.52. The normalized spacial score (nSPS) is 30.6. The fraction of sp³-hybridized carbons (Fsp3) is 0.917. The highest BCUT2D eigenvalue weighted by atomic mass is 16.3. The molecule has 14 heavy (non-hydrogen) atoms. The highest BCUT2D eigenvalue weighted by Crippen LogP contribution is 2.40. The molecule has 1 N–H and O–H groups in total. The molecule has 1 fully saturated rings. The average molecular weight is 200 g/mol. The van der Waals surface area contributed by atoms with Gasteiger partial charge < -0.3 is 5.11 Å². The van der Waals surface area contributed by atoms with Crippen LogP contribution in [0, 0.1) is 5.41 Å². The van der Waals surface area contributed by atoms with Gasteiger partial charge in [-0.25, -0.2) is 0 Å². The van der Waals surface area contributed by atoms with Crippen LogP contribution < -0.4 is 0 Å². The second-order valence-electron chi connectivity index (χ2n) is 4.88. The molecule has 2 heteroatoms. The molecule has 0 bridgehead atoms. The third kappa shape index (κ3) is 2.81. The lowest BCUT2D eigenvalue weighted by atomic mass is 9.65. The van der Waals surface area contributed by atoms with E-state index in [0.29, 0.717) is 6.42 Å². The van der Waals surface area contributed by atoms with Crippen LogP contribution in [0.4, 0.5) is 0 Å². The topological polar surface area (TPSA) is 37.3 Å². The summed E-state index contributed by atoms with van der Waals surface area (Å²) < 4.78 is 0. The highest BCUT2D eigenvalue weighted by molar-refractivity contribution is 5.86. The Morgan fingerprint density at radius 1 is 1.29 bits per heavy atom. The highest BCUT2D eigenvalue weighted by Gasteiger charge is 2.46. The average Bonchev–Trinajstić information content (AvgIpc) is 2.02. The minimum absolute atomic E-state index is 0.189. The first-order chi connectivity index (χ1) is 6.29. The van der Waals surface area contributed by atoms with Crippen molar-refractivity contribution in [2.24, 2.45) is 5.41 Å². The van der Waals surface area contributed by atoms with Crippen LogP contribution in [0.3, 0.4) is 0 Å². The summed E-state index contributed by atoms with van der Waals surface area (Å²) in [5, 5.41) is 9.85. The van der Waals surface area contributed by atoms with Crippen LogP contribution in [-0.4, -0.2) is 16.5 Å². The summed E-state index contributed by atoms with van der Waals surface area (Å²) >= 11 is 0. The van der Waals surface area contributed by atoms with Gasteiger partial charge in [0.05, 0.1) is 11.0 Å². The first-order valence-corrected chi connectivity index (χ1v) is 5.55. The Morgan fingerprint density at radius 3 is 2.00 bits per heavy atom. The zero-order chi connectivity index (χ0) is 11.4. The predicted octanol–water partition coefficient (Wildman–Crippen LogP) is 2.93. The quantitative estimate of drug-likeness (QED) is 0.652. The van der Waals surface area contributed by atoms with Gasteiger partial charge in [-0.1, -0.05) is 34.1 Å². The van der Waals surface area contributed by atoms with Crippen molar-refractivity contribution in [1.82, 2.24) is 0 Å². The van der Waals surface area contributed by atoms with Gasteiger partial charge in [-0.15, -0.1) is 0 Å². The molecule has 84 valence electrons. The van der Waals surface area contributed by atoms with E-state index in [9.17, 15) is 9.90 Å². The molecule has 0 radical (unpaired) electrons. The Bertz CT molecular complexity index is 192. The zero-order valence-corrected chi connectivity index (χ0v) is 10.2. The van der Waals surface area contributed by atoms with E-state index in [-0.39, 0.29) is 5.78 Å². The van der Waals surface area contributed by atoms with E-state index in [4.69, 9.17) is 0 Å². The molecule has 0 saturated heterocycles. The van der Waals surface area contributed by atoms with Crippen LogP contribution in [0.5, 0.6) is 0 Å². The molecule has 0 spiro atoms. The third-order valence-corrected chi connectivity index (χ3v) is 3.11. The van der Waals surface area contributed by atoms with Gasteiger partial charge in [-0.05, 0) is 19.8 Å². The van der Waals surface area contributed by atoms with Gasteiger partial charge in [0.15, 0.2) is 0 Å². The number of carbonyl (C=O) groups excluding carboxylic acids is 1. The van der Waals surface area contributed by atoms with E-state index in [2.05, 4.69) is 13.8 Å². The summed E-state index contributed by atoms with van der Waals surface area (Å²) in [4.78, 5) is 11.4. The predicted molar refractivity (Wildman–Crippen MR) is 59.2 cm³/mol. The molecule has 0 heterocycles. The summed E-state index contributed by atoms with van der Waals surface area (Å²) in [5.41, 5.74) is -1.35. The van der Waals surface area contributed by atoms with Crippen LogP contribution in [-0.2, 0) is 4.79 Å². The SMILES string of the molecule is CC1(O)CCCC(=O)C1(C)C.CCC. The van der Waals surface area contributed by atoms with Crippen LogP contribution in [0.25, 0.3) is 0 Å². The van der Waals surface area contributed by atoms with Gasteiger partial charge >= 0.3 is 0 Å². The second kappa shape index (κ2) is 4.92. The van der Waals surface area contributed by atoms with Crippen LogP contribution in [0.2, 0.25) is 0 Å². The molecule has 1 atom stereocenters. The minimum atomic E-state index is -0.803. The van der Waals surface area contributed by atoms with Gasteiger partial charge in [-0.2, -0.15) is 0 Å². The minimum Gasteiger partial charge on any atom is -0.389 e. The maximum Gasteiger partial charge on any atom is 0.141 e. The molecule has 1 aliphatic rings. The fourth-order valence-electron chi connectivity index (χ4n) is 1.52. The van der Waals surface area contributed by atoms with E-state index in [1.165, 1.54) is 6.42 Å². The number of rotatable bonds is 0. The number of carbonyl (C=O) groups is 1. The largest absolute Gasteiger partial charge is 0.389 e. The summed E-state index contributed by atoms with van der Waals surface area (Å²) in [5.74, 6) is 0.189. The second-order valence-corrected chi connectivity index (χ2v) is 4.88. The smallest absolute Gasteiger partial charge is 0.141 e. The molecular weight excluding hydrogens is 176 g/mol. The van der Waals surface area contributed by atoms with Crippen molar-refractivity contribution in [3.63, 3.8) is 0 Å². The number of hydrogen-bond acceptors (Lipinski definition) is 2. The van der Waals surface area contributed by atoms with Gasteiger partial charge in [0.25, 0.3) is 0 Å². The molecule has 0 amide bonds. The van der Waals surface area contributed by atoms with Gasteiger partial charge in [-0.3, -0.25) is 4.79 Å². The van der Waals surface area contributed by atoms with Crippen LogP contribution in [0.15, 0.2) is 0 Å². The summed E-state index contributed by atoms with van der Waals surface area (Å²) in [6.07, 6.45) is 3.45. The van der Waals surface area contributed by atoms with Crippen molar-refractivity contribution in [3.8, 4) is 0 Å². The lowest BCUT2D eigenvalue weighted by Crippen LogP contribution is -2.50. The lowest BCUT2D eigenvalue weighted by Gasteiger charge is -2.42. The molecule has 1 unspecified atom stereocenters. The van der Waals surface area contributed by atoms with Crippen molar-refractivity contribution < 1.29 is 9.90 Å². The molecule has 0 aromatic heterocycles. The van der Waals surface area contributed by atoms with E-state index < -0.39 is 11.0 Å². The van der Waals surface area contributed by atoms with Crippen LogP contribution >= 0.6 is 0 Å². The molecule has 0 aromatic carbocycles. The van der Waals surface area contributed by atoms with Crippen molar-refractivity contribution in [3.05, 3.63) is 0 Å². The molecule has 0 aromatic rings. The molecule has 1 saturated carbocycles. The number of hydrogen-bond donors (Lipinski definition) is 1. The molecule has 1 rings (SSSR count). The van der Waals surface area contributed by atoms with Crippen molar-refractivity contribution >= 4 is 5.78 Å². The van der Waals surface area contributed by atoms with Gasteiger partial charge in [0, 0.05) is 6.42 Å². The molecule has 0 aliphatic heterocycles. The maximum atomic E-state index is 11.4. The number of ketones is 1. The van der Waals surface area contributed by atoms with E-state index in [1.807, 2.05) is 13.8 Å². The van der Waals surface area contributed by atoms with Crippen molar-refractivity contribution in [2.45, 2.75) is 65.9 Å². The van der Waals surface area contributed by atoms with E-state index in [0.717, 1.165) is 12.8 Å². The van der Waals surface area contributed by atoms with Crippen molar-refractivity contribution in [2.75, 3.05) is 0 Å². The van der Waals surface area contributed by atoms with Crippen molar-refractivity contribution in [1.29, 1.82) is 0 Å². The van der Waals surface area contributed by atoms with Crippen LogP contribution in [0.1, 0.15) is 60.3 Å². The summed E-state index contributed by atoms with van der Waals surface area (Å²) in [6, 6.07) is 0. The maximum absolute atomic E-state index is 11.4.